The van der Waals surface area contributed by atoms with Gasteiger partial charge in [0.15, 0.2) is 0 Å². The molecular weight excluding hydrogens is 404 g/mol. The lowest BCUT2D eigenvalue weighted by molar-refractivity contribution is -0.166. The van der Waals surface area contributed by atoms with Crippen LogP contribution in [0.5, 0.6) is 0 Å². The molecule has 6 heteroatoms. The zero-order valence-corrected chi connectivity index (χ0v) is 18.5. The van der Waals surface area contributed by atoms with Crippen LogP contribution in [0, 0.1) is 47.3 Å². The Bertz CT molecular complexity index is 874. The van der Waals surface area contributed by atoms with E-state index in [2.05, 4.69) is 12.2 Å². The third kappa shape index (κ3) is 2.27. The highest BCUT2D eigenvalue weighted by Crippen LogP contribution is 2.68. The van der Waals surface area contributed by atoms with Crippen molar-refractivity contribution in [2.45, 2.75) is 76.3 Å². The van der Waals surface area contributed by atoms with Gasteiger partial charge in [0.1, 0.15) is 0 Å². The summed E-state index contributed by atoms with van der Waals surface area (Å²) in [6.45, 7) is 0. The molecule has 0 spiro atoms. The summed E-state index contributed by atoms with van der Waals surface area (Å²) in [5.74, 6) is -1.11. The van der Waals surface area contributed by atoms with Crippen molar-refractivity contribution in [3.63, 3.8) is 0 Å². The highest BCUT2D eigenvalue weighted by atomic mass is 16.2. The number of hydrogen-bond donors (Lipinski definition) is 0. The lowest BCUT2D eigenvalue weighted by atomic mass is 9.40. The number of amides is 4. The van der Waals surface area contributed by atoms with Crippen molar-refractivity contribution in [2.24, 2.45) is 47.3 Å². The topological polar surface area (TPSA) is 74.8 Å². The highest BCUT2D eigenvalue weighted by molar-refractivity contribution is 6.09. The van der Waals surface area contributed by atoms with E-state index in [-0.39, 0.29) is 83.1 Å². The Morgan fingerprint density at radius 2 is 0.844 bits per heavy atom. The molecule has 0 aromatic rings. The maximum absolute atomic E-state index is 13.6. The minimum atomic E-state index is -0.312. The molecule has 0 aromatic heterocycles. The number of likely N-dealkylation sites (tertiary alicyclic amines) is 2. The monoisotopic (exact) mass is 436 g/mol. The van der Waals surface area contributed by atoms with Crippen LogP contribution in [0.2, 0.25) is 0 Å². The molecule has 4 saturated carbocycles. The zero-order valence-electron chi connectivity index (χ0n) is 18.5. The number of imide groups is 2. The second kappa shape index (κ2) is 6.77. The zero-order chi connectivity index (χ0) is 21.7. The van der Waals surface area contributed by atoms with Gasteiger partial charge in [-0.05, 0) is 49.4 Å². The standard InChI is InChI=1S/C26H32N2O4/c29-23-19-15-11-12-16(20(19)24(30)27(23)13-7-3-1-4-8-13)18-17(15)21-22(18)26(32)28(25(21)31)14-9-5-2-6-10-14/h11-22H,1-10H2/t15-,16-,17-,18-,19-,20+,21-,22-/m1/s1. The molecule has 8 rings (SSSR count). The van der Waals surface area contributed by atoms with Gasteiger partial charge < -0.3 is 0 Å². The van der Waals surface area contributed by atoms with Gasteiger partial charge in [-0.25, -0.2) is 0 Å². The minimum absolute atomic E-state index is 0.00839. The predicted molar refractivity (Wildman–Crippen MR) is 115 cm³/mol. The van der Waals surface area contributed by atoms with Crippen LogP contribution in [0.3, 0.4) is 0 Å². The van der Waals surface area contributed by atoms with E-state index < -0.39 is 0 Å². The van der Waals surface area contributed by atoms with Gasteiger partial charge >= 0.3 is 0 Å². The van der Waals surface area contributed by atoms with E-state index in [9.17, 15) is 19.2 Å². The molecule has 2 saturated heterocycles. The first-order valence-corrected chi connectivity index (χ1v) is 13.0. The summed E-state index contributed by atoms with van der Waals surface area (Å²) < 4.78 is 0. The van der Waals surface area contributed by atoms with E-state index in [4.69, 9.17) is 0 Å². The quantitative estimate of drug-likeness (QED) is 0.493. The third-order valence-electron chi connectivity index (χ3n) is 10.3. The van der Waals surface area contributed by atoms with Crippen molar-refractivity contribution in [1.29, 1.82) is 0 Å². The Balaban J connectivity index is 1.20. The van der Waals surface area contributed by atoms with Crippen molar-refractivity contribution in [2.75, 3.05) is 0 Å². The van der Waals surface area contributed by atoms with E-state index in [0.29, 0.717) is 0 Å². The molecule has 0 N–H and O–H groups in total. The van der Waals surface area contributed by atoms with Crippen LogP contribution in [0.1, 0.15) is 64.2 Å². The Morgan fingerprint density at radius 3 is 1.22 bits per heavy atom. The summed E-state index contributed by atoms with van der Waals surface area (Å²) in [5, 5.41) is 0. The molecule has 170 valence electrons. The van der Waals surface area contributed by atoms with Crippen LogP contribution in [0.25, 0.3) is 0 Å². The van der Waals surface area contributed by atoms with Crippen LogP contribution in [0.4, 0.5) is 0 Å². The van der Waals surface area contributed by atoms with Gasteiger partial charge in [0.25, 0.3) is 0 Å². The lowest BCUT2D eigenvalue weighted by Gasteiger charge is -2.60. The molecule has 4 amide bonds. The van der Waals surface area contributed by atoms with Gasteiger partial charge in [-0.1, -0.05) is 50.7 Å². The minimum Gasteiger partial charge on any atom is -0.279 e. The third-order valence-corrected chi connectivity index (χ3v) is 10.3. The average molecular weight is 437 g/mol. The number of rotatable bonds is 2. The second-order valence-electron chi connectivity index (χ2n) is 11.5. The van der Waals surface area contributed by atoms with E-state index in [1.54, 1.807) is 9.80 Å². The van der Waals surface area contributed by atoms with Crippen molar-refractivity contribution in [3.05, 3.63) is 12.2 Å². The molecular formula is C26H32N2O4. The van der Waals surface area contributed by atoms with Gasteiger partial charge in [0, 0.05) is 12.1 Å². The van der Waals surface area contributed by atoms with E-state index in [1.807, 2.05) is 0 Å². The number of fused-ring (bicyclic) bond motifs is 1. The Kier molecular flexibility index (Phi) is 4.12. The largest absolute Gasteiger partial charge is 0.279 e. The van der Waals surface area contributed by atoms with Crippen LogP contribution in [0.15, 0.2) is 12.2 Å². The SMILES string of the molecule is O=C1[C@@H]2[C@@H]3C=C[C@@H]([C@@H]2C(=O)N1C1CCCCC1)[C@H]1[C@H]2C(=O)N(C4CCCCC4)C(=O)[C@@H]2[C@H]31. The van der Waals surface area contributed by atoms with Crippen molar-refractivity contribution in [1.82, 2.24) is 9.80 Å². The van der Waals surface area contributed by atoms with Gasteiger partial charge in [-0.2, -0.15) is 0 Å². The van der Waals surface area contributed by atoms with Crippen molar-refractivity contribution >= 4 is 23.6 Å². The molecule has 0 aromatic carbocycles. The summed E-state index contributed by atoms with van der Waals surface area (Å²) >= 11 is 0. The Labute approximate surface area is 188 Å². The predicted octanol–water partition coefficient (Wildman–Crippen LogP) is 2.92. The summed E-state index contributed by atoms with van der Waals surface area (Å²) in [6, 6.07) is 0.113. The fourth-order valence-corrected chi connectivity index (χ4v) is 9.05. The molecule has 2 heterocycles. The molecule has 0 radical (unpaired) electrons. The average Bonchev–Trinajstić information content (AvgIpc) is 3.19. The Morgan fingerprint density at radius 1 is 0.500 bits per heavy atom. The molecule has 6 nitrogen and oxygen atoms in total. The Hall–Kier alpha value is -1.98. The molecule has 2 bridgehead atoms. The molecule has 0 unspecified atom stereocenters. The molecule has 8 aliphatic rings. The summed E-state index contributed by atoms with van der Waals surface area (Å²) in [5.41, 5.74) is 0. The van der Waals surface area contributed by atoms with Crippen molar-refractivity contribution < 1.29 is 19.2 Å². The lowest BCUT2D eigenvalue weighted by Crippen LogP contribution is -2.63. The molecule has 32 heavy (non-hydrogen) atoms. The number of carbonyl (C=O) groups is 4. The fraction of sp³-hybridized carbons (Fsp3) is 0.769. The highest BCUT2D eigenvalue weighted by Gasteiger charge is 2.75. The van der Waals surface area contributed by atoms with E-state index >= 15 is 0 Å². The summed E-state index contributed by atoms with van der Waals surface area (Å²) in [7, 11) is 0. The first-order valence-electron chi connectivity index (χ1n) is 13.0. The second-order valence-corrected chi connectivity index (χ2v) is 11.5. The van der Waals surface area contributed by atoms with Crippen LogP contribution >= 0.6 is 0 Å². The number of carbonyl (C=O) groups excluding carboxylic acids is 4. The van der Waals surface area contributed by atoms with Crippen LogP contribution in [-0.4, -0.2) is 45.5 Å². The summed E-state index contributed by atoms with van der Waals surface area (Å²) in [6.07, 6.45) is 14.6. The molecule has 8 atom stereocenters. The first kappa shape index (κ1) is 19.5. The van der Waals surface area contributed by atoms with Gasteiger partial charge in [0.05, 0.1) is 23.7 Å². The maximum Gasteiger partial charge on any atom is 0.233 e. The van der Waals surface area contributed by atoms with Crippen LogP contribution in [-0.2, 0) is 19.2 Å². The summed E-state index contributed by atoms with van der Waals surface area (Å²) in [4.78, 5) is 57.4. The normalized spacial score (nSPS) is 45.9. The fourth-order valence-electron chi connectivity index (χ4n) is 9.05. The molecule has 2 aliphatic heterocycles. The van der Waals surface area contributed by atoms with E-state index in [0.717, 1.165) is 51.4 Å². The van der Waals surface area contributed by atoms with Crippen LogP contribution < -0.4 is 0 Å². The first-order chi connectivity index (χ1) is 15.6. The molecule has 6 aliphatic carbocycles. The van der Waals surface area contributed by atoms with Gasteiger partial charge in [-0.3, -0.25) is 29.0 Å². The van der Waals surface area contributed by atoms with E-state index in [1.165, 1.54) is 12.8 Å². The number of nitrogens with zero attached hydrogens (tertiary/aromatic N) is 2. The smallest absolute Gasteiger partial charge is 0.233 e. The van der Waals surface area contributed by atoms with Gasteiger partial charge in [-0.15, -0.1) is 0 Å². The molecule has 6 fully saturated rings. The van der Waals surface area contributed by atoms with Crippen molar-refractivity contribution in [3.8, 4) is 0 Å². The van der Waals surface area contributed by atoms with Gasteiger partial charge in [0.2, 0.25) is 23.6 Å². The number of hydrogen-bond acceptors (Lipinski definition) is 4. The number of allylic oxidation sites excluding steroid dienone is 2. The maximum atomic E-state index is 13.6.